The van der Waals surface area contributed by atoms with E-state index in [1.165, 1.54) is 0 Å². The van der Waals surface area contributed by atoms with Gasteiger partial charge in [0.05, 0.1) is 7.11 Å². The Morgan fingerprint density at radius 3 is 2.70 bits per heavy atom. The molecule has 20 heavy (non-hydrogen) atoms. The molecule has 4 nitrogen and oxygen atoms in total. The van der Waals surface area contributed by atoms with Crippen LogP contribution in [0.5, 0.6) is 5.75 Å². The van der Waals surface area contributed by atoms with Gasteiger partial charge in [-0.15, -0.1) is 0 Å². The van der Waals surface area contributed by atoms with E-state index in [1.807, 2.05) is 30.3 Å². The number of aromatic nitrogens is 1. The number of epoxide rings is 1. The fourth-order valence-corrected chi connectivity index (χ4v) is 2.44. The van der Waals surface area contributed by atoms with Gasteiger partial charge in [-0.3, -0.25) is 0 Å². The Morgan fingerprint density at radius 1 is 1.20 bits per heavy atom. The summed E-state index contributed by atoms with van der Waals surface area (Å²) in [6.45, 7) is 0. The lowest BCUT2D eigenvalue weighted by atomic mass is 9.99. The molecular weight excluding hydrogens is 278 g/mol. The van der Waals surface area contributed by atoms with E-state index in [-0.39, 0.29) is 12.4 Å². The minimum absolute atomic E-state index is 0.111. The Kier molecular flexibility index (Phi) is 3.61. The van der Waals surface area contributed by atoms with Crippen molar-refractivity contribution < 1.29 is 14.2 Å². The van der Waals surface area contributed by atoms with Crippen molar-refractivity contribution in [3.8, 4) is 16.9 Å². The molecule has 2 atom stereocenters. The molecule has 0 aliphatic carbocycles. The van der Waals surface area contributed by atoms with Gasteiger partial charge in [0.15, 0.2) is 6.29 Å². The molecule has 0 saturated carbocycles. The molecule has 1 fully saturated rings. The second kappa shape index (κ2) is 5.40. The monoisotopic (exact) mass is 291 g/mol. The first kappa shape index (κ1) is 13.4. The second-order valence-electron chi connectivity index (χ2n) is 4.46. The quantitative estimate of drug-likeness (QED) is 0.639. The van der Waals surface area contributed by atoms with E-state index in [2.05, 4.69) is 4.98 Å². The minimum Gasteiger partial charge on any atom is -0.496 e. The normalized spacial score (nSPS) is 20.8. The smallest absolute Gasteiger partial charge is 0.188 e. The van der Waals surface area contributed by atoms with Crippen molar-refractivity contribution in [3.63, 3.8) is 0 Å². The number of para-hydroxylation sites is 1. The zero-order chi connectivity index (χ0) is 14.1. The van der Waals surface area contributed by atoms with Crippen molar-refractivity contribution in [2.45, 2.75) is 12.4 Å². The van der Waals surface area contributed by atoms with Crippen molar-refractivity contribution >= 4 is 11.6 Å². The number of halogens is 1. The van der Waals surface area contributed by atoms with E-state index in [9.17, 15) is 0 Å². The number of pyridine rings is 1. The van der Waals surface area contributed by atoms with Gasteiger partial charge in [0.1, 0.15) is 17.0 Å². The molecule has 0 N–H and O–H groups in total. The van der Waals surface area contributed by atoms with Crippen LogP contribution in [0.1, 0.15) is 11.7 Å². The largest absolute Gasteiger partial charge is 0.496 e. The second-order valence-corrected chi connectivity index (χ2v) is 4.84. The van der Waals surface area contributed by atoms with Crippen LogP contribution in [0.2, 0.25) is 5.15 Å². The van der Waals surface area contributed by atoms with Crippen molar-refractivity contribution in [3.05, 3.63) is 47.2 Å². The molecular formula is C15H14ClNO3. The molecule has 0 bridgehead atoms. The van der Waals surface area contributed by atoms with Crippen LogP contribution in [0.25, 0.3) is 11.1 Å². The van der Waals surface area contributed by atoms with E-state index >= 15 is 0 Å². The van der Waals surface area contributed by atoms with Gasteiger partial charge in [-0.25, -0.2) is 4.98 Å². The molecule has 5 heteroatoms. The predicted octanol–water partition coefficient (Wildman–Crippen LogP) is 3.45. The molecule has 3 rings (SSSR count). The molecule has 1 aromatic heterocycles. The third-order valence-electron chi connectivity index (χ3n) is 3.29. The zero-order valence-electron chi connectivity index (χ0n) is 11.2. The first-order valence-electron chi connectivity index (χ1n) is 6.21. The summed E-state index contributed by atoms with van der Waals surface area (Å²) in [7, 11) is 3.27. The summed E-state index contributed by atoms with van der Waals surface area (Å²) in [5.74, 6) is 0.785. The number of hydrogen-bond acceptors (Lipinski definition) is 4. The highest BCUT2D eigenvalue weighted by Crippen LogP contribution is 2.45. The summed E-state index contributed by atoms with van der Waals surface area (Å²) in [5.41, 5.74) is 2.86. The van der Waals surface area contributed by atoms with E-state index in [4.69, 9.17) is 25.8 Å². The molecule has 1 aliphatic rings. The molecule has 0 spiro atoms. The maximum atomic E-state index is 6.00. The molecule has 0 radical (unpaired) electrons. The van der Waals surface area contributed by atoms with Gasteiger partial charge in [0.25, 0.3) is 0 Å². The average molecular weight is 292 g/mol. The van der Waals surface area contributed by atoms with Gasteiger partial charge in [-0.05, 0) is 17.7 Å². The lowest BCUT2D eigenvalue weighted by Gasteiger charge is -2.11. The third-order valence-corrected chi connectivity index (χ3v) is 3.50. The molecule has 1 aromatic carbocycles. The molecule has 2 unspecified atom stereocenters. The van der Waals surface area contributed by atoms with E-state index in [0.717, 1.165) is 22.4 Å². The Morgan fingerprint density at radius 2 is 2.00 bits per heavy atom. The van der Waals surface area contributed by atoms with Crippen LogP contribution in [0.4, 0.5) is 0 Å². The number of benzene rings is 1. The van der Waals surface area contributed by atoms with Gasteiger partial charge in [0, 0.05) is 24.4 Å². The van der Waals surface area contributed by atoms with Crippen LogP contribution in [0.3, 0.4) is 0 Å². The number of methoxy groups -OCH3 is 2. The maximum Gasteiger partial charge on any atom is 0.188 e. The summed E-state index contributed by atoms with van der Waals surface area (Å²) in [5, 5.41) is 0.434. The van der Waals surface area contributed by atoms with Crippen molar-refractivity contribution in [1.29, 1.82) is 0 Å². The zero-order valence-corrected chi connectivity index (χ0v) is 11.9. The van der Waals surface area contributed by atoms with Crippen LogP contribution in [-0.2, 0) is 9.47 Å². The number of ether oxygens (including phenoxy) is 3. The summed E-state index contributed by atoms with van der Waals surface area (Å²) in [4.78, 5) is 4.17. The fourth-order valence-electron chi connectivity index (χ4n) is 2.27. The van der Waals surface area contributed by atoms with Gasteiger partial charge in [0.2, 0.25) is 0 Å². The fraction of sp³-hybridized carbons (Fsp3) is 0.267. The first-order chi connectivity index (χ1) is 9.74. The summed E-state index contributed by atoms with van der Waals surface area (Å²) in [6, 6.07) is 9.59. The summed E-state index contributed by atoms with van der Waals surface area (Å²) in [6.07, 6.45) is 1.41. The molecule has 1 saturated heterocycles. The molecule has 0 amide bonds. The van der Waals surface area contributed by atoms with E-state index in [1.54, 1.807) is 20.4 Å². The highest BCUT2D eigenvalue weighted by molar-refractivity contribution is 6.29. The first-order valence-corrected chi connectivity index (χ1v) is 6.59. The Hall–Kier alpha value is -1.62. The topological polar surface area (TPSA) is 43.9 Å². The van der Waals surface area contributed by atoms with E-state index < -0.39 is 0 Å². The predicted molar refractivity (Wildman–Crippen MR) is 75.9 cm³/mol. The van der Waals surface area contributed by atoms with Crippen molar-refractivity contribution in [1.82, 2.24) is 4.98 Å². The van der Waals surface area contributed by atoms with Crippen LogP contribution in [0, 0.1) is 0 Å². The van der Waals surface area contributed by atoms with E-state index in [0.29, 0.717) is 5.15 Å². The number of hydrogen-bond donors (Lipinski definition) is 0. The highest BCUT2D eigenvalue weighted by atomic mass is 35.5. The maximum absolute atomic E-state index is 6.00. The van der Waals surface area contributed by atoms with Gasteiger partial charge >= 0.3 is 0 Å². The Bertz CT molecular complexity index is 632. The van der Waals surface area contributed by atoms with Crippen molar-refractivity contribution in [2.24, 2.45) is 0 Å². The Labute approximate surface area is 122 Å². The number of rotatable bonds is 4. The van der Waals surface area contributed by atoms with Crippen LogP contribution in [0.15, 0.2) is 36.5 Å². The third kappa shape index (κ3) is 2.38. The highest BCUT2D eigenvalue weighted by Gasteiger charge is 2.42. The van der Waals surface area contributed by atoms with Crippen LogP contribution >= 0.6 is 11.6 Å². The molecule has 2 aromatic rings. The van der Waals surface area contributed by atoms with Gasteiger partial charge in [-0.2, -0.15) is 0 Å². The average Bonchev–Trinajstić information content (AvgIpc) is 3.27. The number of nitrogens with zero attached hydrogens (tertiary/aromatic N) is 1. The van der Waals surface area contributed by atoms with Crippen LogP contribution < -0.4 is 4.74 Å². The standard InChI is InChI=1S/C15H14ClNO3/c1-18-12-6-4-3-5-9(12)11-8-17-13(16)7-10(11)14-15(19-2)20-14/h3-8,14-15H,1-2H3. The summed E-state index contributed by atoms with van der Waals surface area (Å²) >= 11 is 6.00. The van der Waals surface area contributed by atoms with Crippen LogP contribution in [-0.4, -0.2) is 25.5 Å². The van der Waals surface area contributed by atoms with Crippen molar-refractivity contribution in [2.75, 3.05) is 14.2 Å². The molecule has 1 aliphatic heterocycles. The lowest BCUT2D eigenvalue weighted by Crippen LogP contribution is -1.97. The SMILES string of the molecule is COc1ccccc1-c1cnc(Cl)cc1C1OC1OC. The molecule has 104 valence electrons. The van der Waals surface area contributed by atoms with Gasteiger partial charge in [-0.1, -0.05) is 29.8 Å². The molecule has 2 heterocycles. The Balaban J connectivity index is 2.09. The summed E-state index contributed by atoms with van der Waals surface area (Å²) < 4.78 is 16.1. The lowest BCUT2D eigenvalue weighted by molar-refractivity contribution is 0.0950. The van der Waals surface area contributed by atoms with Gasteiger partial charge < -0.3 is 14.2 Å². The minimum atomic E-state index is -0.220.